The van der Waals surface area contributed by atoms with E-state index in [1.54, 1.807) is 0 Å². The lowest BCUT2D eigenvalue weighted by Crippen LogP contribution is -2.27. The summed E-state index contributed by atoms with van der Waals surface area (Å²) >= 11 is 0. The number of fused-ring (bicyclic) bond motifs is 1. The number of aliphatic hydroxyl groups excluding tert-OH is 1. The maximum Gasteiger partial charge on any atom is 0.0574 e. The van der Waals surface area contributed by atoms with Gasteiger partial charge >= 0.3 is 0 Å². The highest BCUT2D eigenvalue weighted by Gasteiger charge is 2.24. The van der Waals surface area contributed by atoms with Gasteiger partial charge in [-0.1, -0.05) is 54.6 Å². The van der Waals surface area contributed by atoms with Crippen molar-refractivity contribution in [3.63, 3.8) is 0 Å². The standard InChI is InChI=1S/C19H22O/c20-19(13-10-15-6-2-1-3-7-15)18-12-11-16-8-4-5-9-17(16)14-18/h1-9,18-20H,10-14H2. The van der Waals surface area contributed by atoms with Crippen molar-refractivity contribution < 1.29 is 5.11 Å². The second-order valence-electron chi connectivity index (χ2n) is 5.86. The van der Waals surface area contributed by atoms with Gasteiger partial charge in [-0.3, -0.25) is 0 Å². The van der Waals surface area contributed by atoms with E-state index >= 15 is 0 Å². The summed E-state index contributed by atoms with van der Waals surface area (Å²) < 4.78 is 0. The molecule has 0 heterocycles. The molecule has 1 heteroatoms. The van der Waals surface area contributed by atoms with Crippen LogP contribution in [0.25, 0.3) is 0 Å². The number of aryl methyl sites for hydroxylation is 2. The average Bonchev–Trinajstić information content (AvgIpc) is 2.53. The quantitative estimate of drug-likeness (QED) is 0.892. The Balaban J connectivity index is 1.58. The van der Waals surface area contributed by atoms with Crippen LogP contribution in [0.15, 0.2) is 54.6 Å². The third kappa shape index (κ3) is 3.10. The predicted octanol–water partition coefficient (Wildman–Crippen LogP) is 3.79. The zero-order valence-electron chi connectivity index (χ0n) is 11.8. The molecule has 0 radical (unpaired) electrons. The average molecular weight is 266 g/mol. The van der Waals surface area contributed by atoms with E-state index in [4.69, 9.17) is 0 Å². The van der Waals surface area contributed by atoms with Gasteiger partial charge in [0, 0.05) is 0 Å². The smallest absolute Gasteiger partial charge is 0.0574 e. The van der Waals surface area contributed by atoms with E-state index in [0.29, 0.717) is 5.92 Å². The highest BCUT2D eigenvalue weighted by atomic mass is 16.3. The van der Waals surface area contributed by atoms with Crippen LogP contribution in [0, 0.1) is 5.92 Å². The summed E-state index contributed by atoms with van der Waals surface area (Å²) in [5.41, 5.74) is 4.23. The van der Waals surface area contributed by atoms with Crippen molar-refractivity contribution >= 4 is 0 Å². The Morgan fingerprint density at radius 3 is 2.45 bits per heavy atom. The Hall–Kier alpha value is -1.60. The summed E-state index contributed by atoms with van der Waals surface area (Å²) in [6, 6.07) is 19.1. The maximum atomic E-state index is 10.5. The maximum absolute atomic E-state index is 10.5. The molecule has 1 N–H and O–H groups in total. The van der Waals surface area contributed by atoms with E-state index in [9.17, 15) is 5.11 Å². The SMILES string of the molecule is OC(CCc1ccccc1)C1CCc2ccccc2C1. The molecule has 0 fully saturated rings. The van der Waals surface area contributed by atoms with Gasteiger partial charge in [-0.2, -0.15) is 0 Å². The molecule has 104 valence electrons. The van der Waals surface area contributed by atoms with Crippen molar-refractivity contribution in [3.8, 4) is 0 Å². The monoisotopic (exact) mass is 266 g/mol. The fourth-order valence-electron chi connectivity index (χ4n) is 3.25. The van der Waals surface area contributed by atoms with Crippen LogP contribution in [-0.2, 0) is 19.3 Å². The third-order valence-corrected chi connectivity index (χ3v) is 4.50. The lowest BCUT2D eigenvalue weighted by molar-refractivity contribution is 0.0911. The lowest BCUT2D eigenvalue weighted by atomic mass is 9.80. The summed E-state index contributed by atoms with van der Waals surface area (Å²) in [7, 11) is 0. The molecule has 0 spiro atoms. The van der Waals surface area contributed by atoms with Gasteiger partial charge < -0.3 is 5.11 Å². The van der Waals surface area contributed by atoms with Crippen LogP contribution in [0.5, 0.6) is 0 Å². The highest BCUT2D eigenvalue weighted by Crippen LogP contribution is 2.29. The van der Waals surface area contributed by atoms with E-state index in [1.807, 2.05) is 6.07 Å². The van der Waals surface area contributed by atoms with Gasteiger partial charge in [0.05, 0.1) is 6.10 Å². The molecule has 1 nitrogen and oxygen atoms in total. The van der Waals surface area contributed by atoms with E-state index < -0.39 is 0 Å². The van der Waals surface area contributed by atoms with Crippen molar-refractivity contribution in [2.45, 2.75) is 38.2 Å². The van der Waals surface area contributed by atoms with Crippen molar-refractivity contribution in [1.82, 2.24) is 0 Å². The number of benzene rings is 2. The predicted molar refractivity (Wildman–Crippen MR) is 82.7 cm³/mol. The van der Waals surface area contributed by atoms with E-state index in [-0.39, 0.29) is 6.10 Å². The molecular formula is C19H22O. The molecule has 0 aliphatic heterocycles. The minimum absolute atomic E-state index is 0.177. The van der Waals surface area contributed by atoms with E-state index in [0.717, 1.165) is 32.1 Å². The fraction of sp³-hybridized carbons (Fsp3) is 0.368. The Labute approximate surface area is 121 Å². The first kappa shape index (κ1) is 13.4. The van der Waals surface area contributed by atoms with Crippen molar-refractivity contribution in [1.29, 1.82) is 0 Å². The molecule has 0 saturated carbocycles. The number of hydrogen-bond donors (Lipinski definition) is 1. The van der Waals surface area contributed by atoms with Crippen LogP contribution in [0.3, 0.4) is 0 Å². The molecule has 2 aromatic rings. The molecule has 20 heavy (non-hydrogen) atoms. The van der Waals surface area contributed by atoms with Gasteiger partial charge in [0.15, 0.2) is 0 Å². The summed E-state index contributed by atoms with van der Waals surface area (Å²) in [5.74, 6) is 0.425. The largest absolute Gasteiger partial charge is 0.393 e. The Bertz CT molecular complexity index is 547. The minimum Gasteiger partial charge on any atom is -0.393 e. The Morgan fingerprint density at radius 1 is 0.950 bits per heavy atom. The van der Waals surface area contributed by atoms with Crippen molar-refractivity contribution in [2.24, 2.45) is 5.92 Å². The number of hydrogen-bond acceptors (Lipinski definition) is 1. The van der Waals surface area contributed by atoms with Gasteiger partial charge in [-0.05, 0) is 54.7 Å². The van der Waals surface area contributed by atoms with Gasteiger partial charge in [-0.25, -0.2) is 0 Å². The highest BCUT2D eigenvalue weighted by molar-refractivity contribution is 5.29. The van der Waals surface area contributed by atoms with Crippen LogP contribution in [0.2, 0.25) is 0 Å². The molecule has 0 amide bonds. The molecule has 2 aromatic carbocycles. The van der Waals surface area contributed by atoms with Gasteiger partial charge in [0.2, 0.25) is 0 Å². The first-order chi connectivity index (χ1) is 9.83. The Morgan fingerprint density at radius 2 is 1.65 bits per heavy atom. The summed E-state index contributed by atoms with van der Waals surface area (Å²) in [5, 5.41) is 10.5. The van der Waals surface area contributed by atoms with Crippen LogP contribution in [-0.4, -0.2) is 11.2 Å². The van der Waals surface area contributed by atoms with Gasteiger partial charge in [0.25, 0.3) is 0 Å². The molecule has 0 aromatic heterocycles. The van der Waals surface area contributed by atoms with Crippen LogP contribution < -0.4 is 0 Å². The molecule has 0 bridgehead atoms. The molecule has 1 aliphatic rings. The van der Waals surface area contributed by atoms with Crippen LogP contribution in [0.1, 0.15) is 29.5 Å². The Kier molecular flexibility index (Phi) is 4.17. The van der Waals surface area contributed by atoms with Crippen molar-refractivity contribution in [2.75, 3.05) is 0 Å². The summed E-state index contributed by atoms with van der Waals surface area (Å²) in [6.45, 7) is 0. The molecule has 2 atom stereocenters. The minimum atomic E-state index is -0.177. The normalized spacial score (nSPS) is 19.4. The van der Waals surface area contributed by atoms with Gasteiger partial charge in [-0.15, -0.1) is 0 Å². The van der Waals surface area contributed by atoms with E-state index in [2.05, 4.69) is 48.5 Å². The zero-order chi connectivity index (χ0) is 13.8. The molecular weight excluding hydrogens is 244 g/mol. The molecule has 2 unspecified atom stereocenters. The van der Waals surface area contributed by atoms with Gasteiger partial charge in [0.1, 0.15) is 0 Å². The molecule has 0 saturated heterocycles. The van der Waals surface area contributed by atoms with E-state index in [1.165, 1.54) is 16.7 Å². The second-order valence-corrected chi connectivity index (χ2v) is 5.86. The van der Waals surface area contributed by atoms with Crippen LogP contribution in [0.4, 0.5) is 0 Å². The number of aliphatic hydroxyl groups is 1. The first-order valence-electron chi connectivity index (χ1n) is 7.61. The third-order valence-electron chi connectivity index (χ3n) is 4.50. The second kappa shape index (κ2) is 6.23. The zero-order valence-corrected chi connectivity index (χ0v) is 11.8. The molecule has 3 rings (SSSR count). The lowest BCUT2D eigenvalue weighted by Gasteiger charge is -2.28. The van der Waals surface area contributed by atoms with Crippen LogP contribution >= 0.6 is 0 Å². The topological polar surface area (TPSA) is 20.2 Å². The fourth-order valence-corrected chi connectivity index (χ4v) is 3.25. The first-order valence-corrected chi connectivity index (χ1v) is 7.61. The summed E-state index contributed by atoms with van der Waals surface area (Å²) in [6.07, 6.45) is 4.93. The number of rotatable bonds is 4. The molecule has 1 aliphatic carbocycles. The van der Waals surface area contributed by atoms with Crippen molar-refractivity contribution in [3.05, 3.63) is 71.3 Å². The summed E-state index contributed by atoms with van der Waals surface area (Å²) in [4.78, 5) is 0.